The lowest BCUT2D eigenvalue weighted by molar-refractivity contribution is -0.114. The number of benzene rings is 2. The summed E-state index contributed by atoms with van der Waals surface area (Å²) in [5.41, 5.74) is 5.65. The molecule has 1 N–H and O–H groups in total. The minimum absolute atomic E-state index is 0.193. The Balaban J connectivity index is 1.85. The summed E-state index contributed by atoms with van der Waals surface area (Å²) in [6, 6.07) is 18.5. The Kier molecular flexibility index (Phi) is 3.38. The molecular formula is C21H19NO. The summed E-state index contributed by atoms with van der Waals surface area (Å²) in [5.74, 6) is 0.474. The molecule has 3 aromatic rings. The monoisotopic (exact) mass is 301 g/mol. The fourth-order valence-corrected chi connectivity index (χ4v) is 3.73. The van der Waals surface area contributed by atoms with Gasteiger partial charge in [-0.25, -0.2) is 0 Å². The highest BCUT2D eigenvalue weighted by molar-refractivity contribution is 6.04. The minimum Gasteiger partial charge on any atom is -0.358 e. The van der Waals surface area contributed by atoms with E-state index in [9.17, 15) is 4.79 Å². The predicted octanol–water partition coefficient (Wildman–Crippen LogP) is 5.01. The van der Waals surface area contributed by atoms with E-state index in [1.165, 1.54) is 16.6 Å². The lowest BCUT2D eigenvalue weighted by Crippen LogP contribution is -2.01. The summed E-state index contributed by atoms with van der Waals surface area (Å²) >= 11 is 0. The third-order valence-electron chi connectivity index (χ3n) is 4.77. The number of carbonyl (C=O) groups excluding carboxylic acids is 1. The summed E-state index contributed by atoms with van der Waals surface area (Å²) in [7, 11) is 0. The predicted molar refractivity (Wildman–Crippen MR) is 94.4 cm³/mol. The fourth-order valence-electron chi connectivity index (χ4n) is 3.73. The summed E-state index contributed by atoms with van der Waals surface area (Å²) in [5, 5.41) is 1.24. The van der Waals surface area contributed by atoms with Gasteiger partial charge in [0.05, 0.1) is 0 Å². The topological polar surface area (TPSA) is 32.9 Å². The van der Waals surface area contributed by atoms with Gasteiger partial charge < -0.3 is 4.98 Å². The highest BCUT2D eigenvalue weighted by atomic mass is 16.1. The largest absolute Gasteiger partial charge is 0.358 e. The molecule has 1 unspecified atom stereocenters. The Morgan fingerprint density at radius 2 is 1.78 bits per heavy atom. The number of aromatic amines is 1. The molecule has 2 aromatic carbocycles. The fraction of sp³-hybridized carbons (Fsp3) is 0.190. The van der Waals surface area contributed by atoms with E-state index in [1.54, 1.807) is 0 Å². The van der Waals surface area contributed by atoms with Crippen LogP contribution in [0, 0.1) is 6.92 Å². The molecule has 2 nitrogen and oxygen atoms in total. The molecule has 1 heterocycles. The number of aryl methyl sites for hydroxylation is 1. The number of H-pyrrole nitrogens is 1. The highest BCUT2D eigenvalue weighted by Gasteiger charge is 2.32. The molecule has 1 fully saturated rings. The Labute approximate surface area is 135 Å². The molecule has 0 aliphatic heterocycles. The average Bonchev–Trinajstić information content (AvgIpc) is 3.08. The van der Waals surface area contributed by atoms with Gasteiger partial charge in [0.1, 0.15) is 0 Å². The second-order valence-corrected chi connectivity index (χ2v) is 6.23. The molecule has 114 valence electrons. The maximum atomic E-state index is 12.5. The van der Waals surface area contributed by atoms with E-state index in [4.69, 9.17) is 0 Å². The van der Waals surface area contributed by atoms with Crippen LogP contribution in [0.1, 0.15) is 35.6 Å². The lowest BCUT2D eigenvalue weighted by atomic mass is 9.90. The molecule has 1 atom stereocenters. The van der Waals surface area contributed by atoms with Crippen molar-refractivity contribution in [2.24, 2.45) is 0 Å². The second-order valence-electron chi connectivity index (χ2n) is 6.23. The minimum atomic E-state index is 0.193. The molecule has 0 spiro atoms. The maximum Gasteiger partial charge on any atom is 0.159 e. The Morgan fingerprint density at radius 3 is 2.61 bits per heavy atom. The molecule has 0 amide bonds. The van der Waals surface area contributed by atoms with E-state index in [1.807, 2.05) is 24.3 Å². The van der Waals surface area contributed by atoms with Crippen LogP contribution in [0.5, 0.6) is 0 Å². The van der Waals surface area contributed by atoms with Crippen LogP contribution in [-0.2, 0) is 4.79 Å². The smallest absolute Gasteiger partial charge is 0.159 e. The lowest BCUT2D eigenvalue weighted by Gasteiger charge is -2.12. The molecular weight excluding hydrogens is 282 g/mol. The normalized spacial score (nSPS) is 19.8. The first-order chi connectivity index (χ1) is 11.2. The number of allylic oxidation sites excluding steroid dienone is 1. The first-order valence-corrected chi connectivity index (χ1v) is 8.11. The molecule has 2 heteroatoms. The van der Waals surface area contributed by atoms with Crippen molar-refractivity contribution in [3.8, 4) is 0 Å². The molecule has 1 aliphatic rings. The molecule has 1 saturated carbocycles. The third kappa shape index (κ3) is 2.40. The summed E-state index contributed by atoms with van der Waals surface area (Å²) in [6.07, 6.45) is 3.61. The number of para-hydroxylation sites is 1. The zero-order valence-corrected chi connectivity index (χ0v) is 13.2. The van der Waals surface area contributed by atoms with Gasteiger partial charge in [-0.05, 0) is 36.6 Å². The van der Waals surface area contributed by atoms with E-state index in [0.717, 1.165) is 23.1 Å². The van der Waals surface area contributed by atoms with Gasteiger partial charge in [0.15, 0.2) is 5.78 Å². The summed E-state index contributed by atoms with van der Waals surface area (Å²) in [4.78, 5) is 15.9. The molecule has 1 aliphatic carbocycles. The van der Waals surface area contributed by atoms with Crippen molar-refractivity contribution in [1.82, 2.24) is 4.98 Å². The van der Waals surface area contributed by atoms with Crippen LogP contribution >= 0.6 is 0 Å². The highest BCUT2D eigenvalue weighted by Crippen LogP contribution is 2.42. The number of hydrogen-bond donors (Lipinski definition) is 1. The third-order valence-corrected chi connectivity index (χ3v) is 4.77. The zero-order valence-electron chi connectivity index (χ0n) is 13.2. The molecule has 0 saturated heterocycles. The van der Waals surface area contributed by atoms with Crippen LogP contribution in [0.25, 0.3) is 17.0 Å². The quantitative estimate of drug-likeness (QED) is 0.663. The molecule has 1 aromatic heterocycles. The van der Waals surface area contributed by atoms with E-state index in [2.05, 4.69) is 48.3 Å². The van der Waals surface area contributed by atoms with E-state index in [0.29, 0.717) is 6.42 Å². The van der Waals surface area contributed by atoms with Crippen molar-refractivity contribution in [3.05, 3.63) is 77.0 Å². The van der Waals surface area contributed by atoms with Gasteiger partial charge >= 0.3 is 0 Å². The van der Waals surface area contributed by atoms with Crippen molar-refractivity contribution in [2.45, 2.75) is 25.7 Å². The Morgan fingerprint density at radius 1 is 1.04 bits per heavy atom. The number of aromatic nitrogens is 1. The standard InChI is InChI=1S/C21H19NO/c1-14-21(17-9-5-6-10-19(17)22-14)16-11-12-20(23)18(16)13-15-7-3-2-4-8-15/h2-10,13,16,22H,11-12H2,1H3/b18-13+. The number of fused-ring (bicyclic) bond motifs is 1. The van der Waals surface area contributed by atoms with Crippen molar-refractivity contribution in [3.63, 3.8) is 0 Å². The van der Waals surface area contributed by atoms with Crippen LogP contribution in [0.2, 0.25) is 0 Å². The van der Waals surface area contributed by atoms with Crippen LogP contribution < -0.4 is 0 Å². The van der Waals surface area contributed by atoms with E-state index >= 15 is 0 Å². The molecule has 0 radical (unpaired) electrons. The first kappa shape index (κ1) is 14.0. The van der Waals surface area contributed by atoms with Gasteiger partial charge in [0.25, 0.3) is 0 Å². The van der Waals surface area contributed by atoms with Crippen molar-refractivity contribution in [2.75, 3.05) is 0 Å². The van der Waals surface area contributed by atoms with Crippen LogP contribution in [0.15, 0.2) is 60.2 Å². The number of Topliss-reactive ketones (excluding diaryl/α,β-unsaturated/α-hetero) is 1. The van der Waals surface area contributed by atoms with Gasteiger partial charge in [-0.1, -0.05) is 48.5 Å². The maximum absolute atomic E-state index is 12.5. The van der Waals surface area contributed by atoms with Crippen LogP contribution in [-0.4, -0.2) is 10.8 Å². The van der Waals surface area contributed by atoms with Gasteiger partial charge in [0, 0.05) is 34.5 Å². The molecule has 4 rings (SSSR count). The molecule has 23 heavy (non-hydrogen) atoms. The van der Waals surface area contributed by atoms with Crippen molar-refractivity contribution < 1.29 is 4.79 Å². The zero-order chi connectivity index (χ0) is 15.8. The van der Waals surface area contributed by atoms with Crippen LogP contribution in [0.3, 0.4) is 0 Å². The average molecular weight is 301 g/mol. The first-order valence-electron chi connectivity index (χ1n) is 8.11. The van der Waals surface area contributed by atoms with Crippen molar-refractivity contribution in [1.29, 1.82) is 0 Å². The number of hydrogen-bond acceptors (Lipinski definition) is 1. The number of ketones is 1. The SMILES string of the molecule is Cc1[nH]c2ccccc2c1C1CCC(=O)/C1=C/c1ccccc1. The van der Waals surface area contributed by atoms with E-state index in [-0.39, 0.29) is 11.7 Å². The Hall–Kier alpha value is -2.61. The van der Waals surface area contributed by atoms with Crippen LogP contribution in [0.4, 0.5) is 0 Å². The van der Waals surface area contributed by atoms with Crippen molar-refractivity contribution >= 4 is 22.8 Å². The van der Waals surface area contributed by atoms with Gasteiger partial charge in [-0.2, -0.15) is 0 Å². The second kappa shape index (κ2) is 5.54. The summed E-state index contributed by atoms with van der Waals surface area (Å²) < 4.78 is 0. The molecule has 0 bridgehead atoms. The Bertz CT molecular complexity index is 902. The number of carbonyl (C=O) groups is 1. The van der Waals surface area contributed by atoms with Gasteiger partial charge in [-0.15, -0.1) is 0 Å². The van der Waals surface area contributed by atoms with E-state index < -0.39 is 0 Å². The summed E-state index contributed by atoms with van der Waals surface area (Å²) in [6.45, 7) is 2.11. The number of nitrogens with one attached hydrogen (secondary N) is 1. The van der Waals surface area contributed by atoms with Gasteiger partial charge in [-0.3, -0.25) is 4.79 Å². The number of rotatable bonds is 2. The van der Waals surface area contributed by atoms with Gasteiger partial charge in [0.2, 0.25) is 0 Å².